The molecule has 27 heteroatoms. The molecule has 0 radical (unpaired) electrons. The third-order valence-electron chi connectivity index (χ3n) is 12.1. The van der Waals surface area contributed by atoms with Crippen LogP contribution in [0.3, 0.4) is 0 Å². The van der Waals surface area contributed by atoms with Gasteiger partial charge in [-0.25, -0.2) is 48.3 Å². The molecule has 6 heterocycles. The molecule has 0 fully saturated rings. The van der Waals surface area contributed by atoms with Crippen molar-refractivity contribution < 1.29 is 52.4 Å². The van der Waals surface area contributed by atoms with E-state index in [0.29, 0.717) is 96.2 Å². The molecule has 0 bridgehead atoms. The van der Waals surface area contributed by atoms with Crippen LogP contribution < -0.4 is 31.5 Å². The van der Waals surface area contributed by atoms with E-state index in [1.165, 1.54) is 28.6 Å². The number of ether oxygens (including phenoxy) is 1. The molecule has 7 rings (SSSR count). The Morgan fingerprint density at radius 1 is 0.944 bits per heavy atom. The molecule has 3 aromatic heterocycles. The molecule has 0 saturated heterocycles. The Morgan fingerprint density at radius 3 is 2.11 bits per heavy atom. The van der Waals surface area contributed by atoms with E-state index in [1.807, 2.05) is 27.7 Å². The molecule has 4 aromatic rings. The van der Waals surface area contributed by atoms with Crippen LogP contribution in [0.5, 0.6) is 0 Å². The fourth-order valence-electron chi connectivity index (χ4n) is 8.33. The monoisotopic (exact) mass is 1110 g/mol. The minimum absolute atomic E-state index is 0.0520. The van der Waals surface area contributed by atoms with Gasteiger partial charge < -0.3 is 35.9 Å². The first-order valence-electron chi connectivity index (χ1n) is 22.8. The lowest BCUT2D eigenvalue weighted by Crippen LogP contribution is -2.43. The van der Waals surface area contributed by atoms with Crippen LogP contribution in [0, 0.1) is 19.7 Å². The number of aromatic nitrogens is 1. The minimum Gasteiger partial charge on any atom is -0.385 e. The smallest absolute Gasteiger partial charge is 0.256 e. The summed E-state index contributed by atoms with van der Waals surface area (Å²) in [6.07, 6.45) is 2.68. The number of amides is 2. The maximum Gasteiger partial charge on any atom is 0.256 e. The maximum absolute atomic E-state index is 13.7. The van der Waals surface area contributed by atoms with Gasteiger partial charge in [-0.1, -0.05) is 27.7 Å². The van der Waals surface area contributed by atoms with Gasteiger partial charge in [-0.3, -0.25) is 9.59 Å². The summed E-state index contributed by atoms with van der Waals surface area (Å²) in [5.41, 5.74) is 5.20. The third kappa shape index (κ3) is 13.4. The number of likely N-dealkylation sites (N-methyl/N-ethyl adjacent to an activating group) is 2. The molecule has 2 amide bonds. The number of fused-ring (bicyclic) bond motifs is 3. The van der Waals surface area contributed by atoms with Crippen molar-refractivity contribution in [1.82, 2.24) is 30.1 Å². The number of methoxy groups -OCH3 is 1. The predicted octanol–water partition coefficient (Wildman–Crippen LogP) is 4.03. The number of halogens is 1. The van der Waals surface area contributed by atoms with Crippen LogP contribution in [0.4, 0.5) is 10.1 Å². The fraction of sp³-hybridized carbons (Fsp3) is 0.500. The number of hydrogen-bond donors (Lipinski definition) is 7. The normalized spacial score (nSPS) is 19.7. The van der Waals surface area contributed by atoms with Crippen molar-refractivity contribution in [2.24, 2.45) is 10.3 Å². The minimum atomic E-state index is -3.94. The van der Waals surface area contributed by atoms with Crippen LogP contribution in [0.2, 0.25) is 0 Å². The van der Waals surface area contributed by atoms with E-state index in [9.17, 15) is 47.7 Å². The average molecular weight is 1110 g/mol. The highest BCUT2D eigenvalue weighted by atomic mass is 32.3. The zero-order valence-corrected chi connectivity index (χ0v) is 45.7. The zero-order valence-electron chi connectivity index (χ0n) is 40.8. The van der Waals surface area contributed by atoms with Crippen molar-refractivity contribution in [3.63, 3.8) is 0 Å². The number of benzene rings is 1. The second kappa shape index (κ2) is 23.9. The van der Waals surface area contributed by atoms with Gasteiger partial charge in [0.15, 0.2) is 9.84 Å². The molecule has 0 spiro atoms. The van der Waals surface area contributed by atoms with Gasteiger partial charge in [0.25, 0.3) is 21.8 Å². The Hall–Kier alpha value is -3.97. The quantitative estimate of drug-likeness (QED) is 0.0581. The summed E-state index contributed by atoms with van der Waals surface area (Å²) in [5.74, 6) is -0.836. The fourth-order valence-corrected chi connectivity index (χ4v) is 17.1. The van der Waals surface area contributed by atoms with Crippen molar-refractivity contribution in [3.8, 4) is 0 Å². The van der Waals surface area contributed by atoms with E-state index >= 15 is 0 Å². The predicted molar refractivity (Wildman–Crippen MR) is 274 cm³/mol. The summed E-state index contributed by atoms with van der Waals surface area (Å²) in [5, 5.41) is 21.8. The summed E-state index contributed by atoms with van der Waals surface area (Å²) in [4.78, 5) is 30.5. The molecule has 9 N–H and O–H groups in total. The number of nitrogens with zero attached hydrogens (tertiary/aromatic N) is 2. The molecule has 0 saturated carbocycles. The molecule has 394 valence electrons. The number of sulfonamides is 3. The van der Waals surface area contributed by atoms with Gasteiger partial charge in [0.2, 0.25) is 20.0 Å². The van der Waals surface area contributed by atoms with Gasteiger partial charge in [0.05, 0.1) is 16.4 Å². The van der Waals surface area contributed by atoms with Crippen molar-refractivity contribution >= 4 is 91.7 Å². The number of hydrogen-bond acceptors (Lipinski definition) is 16. The number of carbonyl (C=O) groups is 2. The number of nitrogens with two attached hydrogens (primary N) is 2. The summed E-state index contributed by atoms with van der Waals surface area (Å²) >= 11 is 1.45. The van der Waals surface area contributed by atoms with E-state index in [-0.39, 0.29) is 47.3 Å². The standard InChI is InChI=1S/C22H27FN4O2.C12H21N3O5S3.C10H16N2O4S3/c1-5-27(6-2)10-9-24-22(29)20-13(3)19(25-14(20)4)12-17-16-11-15(23)7-8-18(16)26-21(17)28;1-3-14-10-8-15(5-4-6-20-2)23(18,19)12-9(10)7-11(21-12)22(13,16)17;1-3-12-8-4-6(2)18(13,14)10-7(8)5-9(17-10)19(11,15)16/h7-8,11-12,25H,5-6,9-10H2,1-4H3,(H,24,29)(H,26,28);7,10,14H,3-6,8H2,1-2H3,(H2,13,16,17);5-6,8,12H,3-4H2,1-2H3,(H2,11,15,16)/b17-12-;;/t;10-;6-,8-/m.00/s1. The molecule has 20 nitrogen and oxygen atoms in total. The zero-order chi connectivity index (χ0) is 52.8. The van der Waals surface area contributed by atoms with E-state index in [1.54, 1.807) is 26.2 Å². The Balaban J connectivity index is 0.000000203. The van der Waals surface area contributed by atoms with Gasteiger partial charge in [-0.2, -0.15) is 4.31 Å². The summed E-state index contributed by atoms with van der Waals surface area (Å²) in [6, 6.07) is 6.54. The maximum atomic E-state index is 13.7. The lowest BCUT2D eigenvalue weighted by molar-refractivity contribution is -0.110. The molecule has 0 unspecified atom stereocenters. The summed E-state index contributed by atoms with van der Waals surface area (Å²) in [6.45, 7) is 18.9. The number of sulfone groups is 1. The van der Waals surface area contributed by atoms with Gasteiger partial charge >= 0.3 is 0 Å². The SMILES string of the molecule is CCN(CC)CCNC(=O)c1c(C)[nH]c(/C=C2\C(=O)Nc3ccc(F)cc32)c1C.CCN[C@H]1CN(CCCOC)S(=O)(=O)c2sc(S(N)(=O)=O)cc21.CCN[C@H]1C[C@H](C)S(=O)(=O)c2sc(S(N)(=O)=O)cc21. The second-order valence-corrected chi connectivity index (χ2v) is 27.3. The van der Waals surface area contributed by atoms with Gasteiger partial charge in [-0.15, -0.1) is 22.7 Å². The van der Waals surface area contributed by atoms with E-state index in [4.69, 9.17) is 15.0 Å². The number of H-pyrrole nitrogens is 1. The summed E-state index contributed by atoms with van der Waals surface area (Å²) < 4.78 is 116. The van der Waals surface area contributed by atoms with Crippen LogP contribution >= 0.6 is 22.7 Å². The van der Waals surface area contributed by atoms with Gasteiger partial charge in [-0.05, 0) is 102 Å². The van der Waals surface area contributed by atoms with E-state index < -0.39 is 51.0 Å². The van der Waals surface area contributed by atoms with Crippen molar-refractivity contribution in [1.29, 1.82) is 0 Å². The number of carbonyl (C=O) groups excluding carboxylic acids is 2. The number of aromatic amines is 1. The van der Waals surface area contributed by atoms with Crippen LogP contribution in [0.25, 0.3) is 11.6 Å². The molecular formula is C44H64FN9O11S6. The lowest BCUT2D eigenvalue weighted by Gasteiger charge is -2.32. The molecule has 3 aliphatic rings. The lowest BCUT2D eigenvalue weighted by atomic mass is 10.0. The molecule has 0 aliphatic carbocycles. The Kier molecular flexibility index (Phi) is 19.5. The van der Waals surface area contributed by atoms with Gasteiger partial charge in [0, 0.05) is 85.7 Å². The Morgan fingerprint density at radius 2 is 1.54 bits per heavy atom. The Bertz CT molecular complexity index is 3080. The average Bonchev–Trinajstić information content (AvgIpc) is 4.09. The number of thiophene rings is 2. The topological polar surface area (TPSA) is 302 Å². The highest BCUT2D eigenvalue weighted by molar-refractivity contribution is 7.95. The highest BCUT2D eigenvalue weighted by Crippen LogP contribution is 2.43. The number of anilines is 1. The first kappa shape index (κ1) is 57.9. The first-order chi connectivity index (χ1) is 33.2. The summed E-state index contributed by atoms with van der Waals surface area (Å²) in [7, 11) is -13.4. The molecular weight excluding hydrogens is 1040 g/mol. The van der Waals surface area contributed by atoms with E-state index in [2.05, 4.69) is 45.0 Å². The number of aryl methyl sites for hydroxylation is 1. The first-order valence-corrected chi connectivity index (χ1v) is 30.5. The number of primary sulfonamides is 2. The largest absolute Gasteiger partial charge is 0.385 e. The molecule has 71 heavy (non-hydrogen) atoms. The van der Waals surface area contributed by atoms with Crippen LogP contribution in [-0.4, -0.2) is 131 Å². The highest BCUT2D eigenvalue weighted by Gasteiger charge is 2.41. The van der Waals surface area contributed by atoms with Gasteiger partial charge in [0.1, 0.15) is 22.7 Å². The van der Waals surface area contributed by atoms with Crippen LogP contribution in [-0.2, 0) is 49.4 Å². The third-order valence-corrected chi connectivity index (χ3v) is 22.3. The van der Waals surface area contributed by atoms with Crippen LogP contribution in [0.1, 0.15) is 104 Å². The van der Waals surface area contributed by atoms with Crippen molar-refractivity contribution in [2.75, 3.05) is 71.4 Å². The van der Waals surface area contributed by atoms with Crippen molar-refractivity contribution in [3.05, 3.63) is 75.4 Å². The molecule has 1 aromatic carbocycles. The number of nitrogens with one attached hydrogen (secondary N) is 5. The molecule has 3 atom stereocenters. The second-order valence-electron chi connectivity index (χ2n) is 16.9. The number of rotatable bonds is 17. The van der Waals surface area contributed by atoms with E-state index in [0.717, 1.165) is 42.2 Å². The Labute approximate surface area is 424 Å². The van der Waals surface area contributed by atoms with Crippen molar-refractivity contribution in [2.45, 2.75) is 95.5 Å². The van der Waals surface area contributed by atoms with Crippen LogP contribution in [0.15, 0.2) is 47.2 Å². The molecule has 3 aliphatic heterocycles.